The largest absolute Gasteiger partial charge is 0.253 e. The first-order valence-electron chi connectivity index (χ1n) is 7.39. The number of benzene rings is 1. The molecule has 0 spiro atoms. The molecule has 0 aliphatic heterocycles. The lowest BCUT2D eigenvalue weighted by molar-refractivity contribution is 0.872. The quantitative estimate of drug-likeness (QED) is 0.568. The van der Waals surface area contributed by atoms with E-state index in [1.807, 2.05) is 42.5 Å². The Hall–Kier alpha value is -3.52. The molecule has 4 rings (SSSR count). The Morgan fingerprint density at radius 3 is 2.71 bits per heavy atom. The van der Waals surface area contributed by atoms with Gasteiger partial charge in [-0.2, -0.15) is 10.4 Å². The predicted molar refractivity (Wildman–Crippen MR) is 91.3 cm³/mol. The zero-order valence-electron chi connectivity index (χ0n) is 12.7. The van der Waals surface area contributed by atoms with Gasteiger partial charge in [-0.25, -0.2) is 9.67 Å². The summed E-state index contributed by atoms with van der Waals surface area (Å²) in [6.45, 7) is 3.87. The molecule has 0 saturated heterocycles. The van der Waals surface area contributed by atoms with Crippen LogP contribution in [0.3, 0.4) is 0 Å². The Morgan fingerprint density at radius 2 is 1.88 bits per heavy atom. The second kappa shape index (κ2) is 5.60. The highest BCUT2D eigenvalue weighted by Crippen LogP contribution is 2.24. The Balaban J connectivity index is 1.89. The van der Waals surface area contributed by atoms with Crippen LogP contribution in [0.1, 0.15) is 11.4 Å². The molecule has 0 saturated carbocycles. The number of nitrogens with zero attached hydrogens (tertiary/aromatic N) is 5. The summed E-state index contributed by atoms with van der Waals surface area (Å²) in [6.07, 6.45) is 1.78. The van der Waals surface area contributed by atoms with Gasteiger partial charge in [0.2, 0.25) is 0 Å². The zero-order chi connectivity index (χ0) is 16.5. The molecule has 1 radical (unpaired) electrons. The molecule has 1 aromatic carbocycles. The van der Waals surface area contributed by atoms with Crippen molar-refractivity contribution in [2.75, 3.05) is 0 Å². The standard InChI is InChI=1S/C19H12N5/c1-13-4-2-6-17(22-13)14-8-9-15-12-21-24(18(15)10-14)19-7-3-5-16(11-20)23-19/h2-10,12H,1H2. The predicted octanol–water partition coefficient (Wildman–Crippen LogP) is 3.54. The van der Waals surface area contributed by atoms with Crippen LogP contribution in [0.5, 0.6) is 0 Å². The lowest BCUT2D eigenvalue weighted by atomic mass is 10.1. The minimum absolute atomic E-state index is 0.360. The van der Waals surface area contributed by atoms with Gasteiger partial charge in [-0.05, 0) is 37.3 Å². The molecule has 0 aliphatic rings. The van der Waals surface area contributed by atoms with E-state index in [0.29, 0.717) is 11.5 Å². The van der Waals surface area contributed by atoms with Crippen molar-refractivity contribution in [1.29, 1.82) is 5.26 Å². The molecule has 0 aliphatic carbocycles. The van der Waals surface area contributed by atoms with Crippen LogP contribution in [0.2, 0.25) is 0 Å². The molecule has 113 valence electrons. The molecule has 0 unspecified atom stereocenters. The maximum atomic E-state index is 9.04. The number of aromatic nitrogens is 4. The van der Waals surface area contributed by atoms with E-state index >= 15 is 0 Å². The normalized spacial score (nSPS) is 10.7. The molecule has 24 heavy (non-hydrogen) atoms. The number of nitriles is 1. The van der Waals surface area contributed by atoms with E-state index < -0.39 is 0 Å². The number of fused-ring (bicyclic) bond motifs is 1. The minimum atomic E-state index is 0.360. The van der Waals surface area contributed by atoms with Crippen molar-refractivity contribution < 1.29 is 0 Å². The highest BCUT2D eigenvalue weighted by atomic mass is 15.3. The van der Waals surface area contributed by atoms with Crippen molar-refractivity contribution in [3.63, 3.8) is 0 Å². The number of pyridine rings is 2. The molecule has 3 heterocycles. The summed E-state index contributed by atoms with van der Waals surface area (Å²) in [5.74, 6) is 0.611. The van der Waals surface area contributed by atoms with Gasteiger partial charge in [0.1, 0.15) is 11.8 Å². The van der Waals surface area contributed by atoms with Gasteiger partial charge in [0.05, 0.1) is 17.4 Å². The van der Waals surface area contributed by atoms with Gasteiger partial charge in [-0.15, -0.1) is 0 Å². The molecule has 0 bridgehead atoms. The van der Waals surface area contributed by atoms with E-state index in [9.17, 15) is 0 Å². The molecule has 5 heteroatoms. The summed E-state index contributed by atoms with van der Waals surface area (Å²) in [7, 11) is 0. The third-order valence-corrected chi connectivity index (χ3v) is 3.74. The Kier molecular flexibility index (Phi) is 3.29. The molecule has 0 atom stereocenters. The van der Waals surface area contributed by atoms with E-state index in [0.717, 1.165) is 27.9 Å². The van der Waals surface area contributed by atoms with Gasteiger partial charge in [-0.1, -0.05) is 24.3 Å². The van der Waals surface area contributed by atoms with Crippen LogP contribution in [0.15, 0.2) is 60.8 Å². The molecular formula is C19H12N5. The average molecular weight is 310 g/mol. The van der Waals surface area contributed by atoms with Crippen molar-refractivity contribution in [2.45, 2.75) is 0 Å². The van der Waals surface area contributed by atoms with Gasteiger partial charge < -0.3 is 0 Å². The van der Waals surface area contributed by atoms with Crippen LogP contribution >= 0.6 is 0 Å². The summed E-state index contributed by atoms with van der Waals surface area (Å²) in [6, 6.07) is 19.1. The van der Waals surface area contributed by atoms with E-state index in [2.05, 4.69) is 28.1 Å². The fourth-order valence-corrected chi connectivity index (χ4v) is 2.60. The van der Waals surface area contributed by atoms with Crippen LogP contribution < -0.4 is 0 Å². The van der Waals surface area contributed by atoms with Crippen LogP contribution in [-0.4, -0.2) is 19.7 Å². The van der Waals surface area contributed by atoms with Gasteiger partial charge in [0, 0.05) is 16.6 Å². The Bertz CT molecular complexity index is 1090. The second-order valence-electron chi connectivity index (χ2n) is 5.34. The first-order chi connectivity index (χ1) is 11.7. The first-order valence-corrected chi connectivity index (χ1v) is 7.39. The van der Waals surface area contributed by atoms with Gasteiger partial charge in [0.15, 0.2) is 5.82 Å². The Labute approximate surface area is 138 Å². The second-order valence-corrected chi connectivity index (χ2v) is 5.34. The van der Waals surface area contributed by atoms with E-state index in [1.54, 1.807) is 23.0 Å². The molecule has 4 aromatic rings. The molecule has 3 aromatic heterocycles. The maximum absolute atomic E-state index is 9.04. The van der Waals surface area contributed by atoms with Crippen molar-refractivity contribution in [3.8, 4) is 23.1 Å². The fourth-order valence-electron chi connectivity index (χ4n) is 2.60. The summed E-state index contributed by atoms with van der Waals surface area (Å²) in [5, 5.41) is 14.4. The maximum Gasteiger partial charge on any atom is 0.155 e. The number of hydrogen-bond acceptors (Lipinski definition) is 4. The average Bonchev–Trinajstić information content (AvgIpc) is 3.05. The summed E-state index contributed by atoms with van der Waals surface area (Å²) in [4.78, 5) is 8.78. The Morgan fingerprint density at radius 1 is 1.00 bits per heavy atom. The molecule has 5 nitrogen and oxygen atoms in total. The lowest BCUT2D eigenvalue weighted by Crippen LogP contribution is -2.00. The number of hydrogen-bond donors (Lipinski definition) is 0. The van der Waals surface area contributed by atoms with Crippen LogP contribution in [-0.2, 0) is 0 Å². The number of rotatable bonds is 2. The van der Waals surface area contributed by atoms with Gasteiger partial charge >= 0.3 is 0 Å². The van der Waals surface area contributed by atoms with Crippen LogP contribution in [0.25, 0.3) is 28.0 Å². The van der Waals surface area contributed by atoms with Crippen molar-refractivity contribution >= 4 is 10.9 Å². The topological polar surface area (TPSA) is 67.4 Å². The van der Waals surface area contributed by atoms with Gasteiger partial charge in [0.25, 0.3) is 0 Å². The van der Waals surface area contributed by atoms with Crippen LogP contribution in [0, 0.1) is 18.3 Å². The minimum Gasteiger partial charge on any atom is -0.253 e. The highest BCUT2D eigenvalue weighted by Gasteiger charge is 2.09. The van der Waals surface area contributed by atoms with Crippen LogP contribution in [0.4, 0.5) is 0 Å². The van der Waals surface area contributed by atoms with E-state index in [4.69, 9.17) is 5.26 Å². The van der Waals surface area contributed by atoms with Crippen molar-refractivity contribution in [1.82, 2.24) is 19.7 Å². The summed E-state index contributed by atoms with van der Waals surface area (Å²) in [5.41, 5.74) is 3.83. The summed E-state index contributed by atoms with van der Waals surface area (Å²) >= 11 is 0. The van der Waals surface area contributed by atoms with E-state index in [-0.39, 0.29) is 0 Å². The molecule has 0 N–H and O–H groups in total. The molecule has 0 amide bonds. The third kappa shape index (κ3) is 2.40. The molecular weight excluding hydrogens is 298 g/mol. The zero-order valence-corrected chi connectivity index (χ0v) is 12.7. The fraction of sp³-hybridized carbons (Fsp3) is 0. The van der Waals surface area contributed by atoms with E-state index in [1.165, 1.54) is 0 Å². The smallest absolute Gasteiger partial charge is 0.155 e. The highest BCUT2D eigenvalue weighted by molar-refractivity contribution is 5.84. The lowest BCUT2D eigenvalue weighted by Gasteiger charge is -2.05. The van der Waals surface area contributed by atoms with Crippen molar-refractivity contribution in [3.05, 3.63) is 79.1 Å². The monoisotopic (exact) mass is 310 g/mol. The first kappa shape index (κ1) is 14.1. The SMILES string of the molecule is [CH2]c1cccc(-c2ccc3cnn(-c4cccc(C#N)n4)c3c2)n1. The molecule has 0 fully saturated rings. The summed E-state index contributed by atoms with van der Waals surface area (Å²) < 4.78 is 1.73. The van der Waals surface area contributed by atoms with Gasteiger partial charge in [-0.3, -0.25) is 4.98 Å². The van der Waals surface area contributed by atoms with Crippen molar-refractivity contribution in [2.24, 2.45) is 0 Å². The third-order valence-electron chi connectivity index (χ3n) is 3.74.